The van der Waals surface area contributed by atoms with Crippen LogP contribution in [0.15, 0.2) is 24.2 Å². The number of fused-ring (bicyclic) bond motifs is 1. The third-order valence-electron chi connectivity index (χ3n) is 3.95. The average molecular weight is 374 g/mol. The quantitative estimate of drug-likeness (QED) is 0.603. The van der Waals surface area contributed by atoms with Crippen molar-refractivity contribution in [2.24, 2.45) is 0 Å². The van der Waals surface area contributed by atoms with Gasteiger partial charge in [-0.05, 0) is 24.0 Å². The summed E-state index contributed by atoms with van der Waals surface area (Å²) in [5.74, 6) is 0.158. The van der Waals surface area contributed by atoms with Crippen LogP contribution in [-0.2, 0) is 6.54 Å². The van der Waals surface area contributed by atoms with E-state index in [1.165, 1.54) is 21.3 Å². The number of nitrogens with one attached hydrogen (secondary N) is 1. The molecule has 142 valence electrons. The maximum atomic E-state index is 8.43. The number of aromatic nitrogens is 2. The summed E-state index contributed by atoms with van der Waals surface area (Å²) in [5.41, 5.74) is 12.3. The van der Waals surface area contributed by atoms with E-state index < -0.39 is 6.85 Å². The van der Waals surface area contributed by atoms with Gasteiger partial charge in [0.2, 0.25) is 11.7 Å². The van der Waals surface area contributed by atoms with Gasteiger partial charge in [-0.2, -0.15) is 4.98 Å². The SMILES string of the molecule is [2H]c1c(NCc2ccc3nc(N)nc(N)c3c2C([2H])([2H])[2H])c([2H])c(OC)c(OC)c1OC. The second kappa shape index (κ2) is 7.45. The Morgan fingerprint density at radius 2 is 1.78 bits per heavy atom. The first kappa shape index (κ1) is 12.9. The van der Waals surface area contributed by atoms with E-state index in [-0.39, 0.29) is 64.3 Å². The molecular formula is C19H23N5O3. The van der Waals surface area contributed by atoms with Gasteiger partial charge >= 0.3 is 0 Å². The van der Waals surface area contributed by atoms with Crippen LogP contribution >= 0.6 is 0 Å². The Kier molecular flexibility index (Phi) is 3.55. The first-order chi connectivity index (χ1) is 15.0. The highest BCUT2D eigenvalue weighted by molar-refractivity contribution is 5.92. The normalized spacial score (nSPS) is 13.8. The lowest BCUT2D eigenvalue weighted by Crippen LogP contribution is -2.06. The predicted molar refractivity (Wildman–Crippen MR) is 107 cm³/mol. The Labute approximate surface area is 164 Å². The number of rotatable bonds is 6. The second-order valence-corrected chi connectivity index (χ2v) is 5.54. The van der Waals surface area contributed by atoms with Crippen LogP contribution in [-0.4, -0.2) is 31.3 Å². The summed E-state index contributed by atoms with van der Waals surface area (Å²) < 4.78 is 56.7. The molecule has 0 aliphatic carbocycles. The van der Waals surface area contributed by atoms with Gasteiger partial charge in [0.1, 0.15) is 5.82 Å². The molecule has 0 aliphatic heterocycles. The lowest BCUT2D eigenvalue weighted by molar-refractivity contribution is 0.324. The van der Waals surface area contributed by atoms with Crippen LogP contribution in [0.1, 0.15) is 18.0 Å². The molecule has 0 fully saturated rings. The van der Waals surface area contributed by atoms with Crippen LogP contribution in [0.2, 0.25) is 0 Å². The van der Waals surface area contributed by atoms with Gasteiger partial charge in [-0.3, -0.25) is 0 Å². The monoisotopic (exact) mass is 374 g/mol. The Balaban J connectivity index is 2.15. The van der Waals surface area contributed by atoms with Crippen molar-refractivity contribution in [2.45, 2.75) is 13.4 Å². The molecule has 0 aliphatic rings. The fraction of sp³-hybridized carbons (Fsp3) is 0.263. The molecule has 8 nitrogen and oxygen atoms in total. The number of anilines is 3. The van der Waals surface area contributed by atoms with Gasteiger partial charge < -0.3 is 31.0 Å². The summed E-state index contributed by atoms with van der Waals surface area (Å²) in [6, 6.07) is 2.90. The van der Waals surface area contributed by atoms with Gasteiger partial charge in [0.25, 0.3) is 0 Å². The van der Waals surface area contributed by atoms with Gasteiger partial charge in [-0.1, -0.05) is 6.07 Å². The molecule has 3 rings (SSSR count). The van der Waals surface area contributed by atoms with Crippen LogP contribution in [0, 0.1) is 6.85 Å². The third-order valence-corrected chi connectivity index (χ3v) is 3.95. The summed E-state index contributed by atoms with van der Waals surface area (Å²) in [6.07, 6.45) is 0. The number of hydrogen-bond acceptors (Lipinski definition) is 8. The maximum absolute atomic E-state index is 8.43. The average Bonchev–Trinajstić information content (AvgIpc) is 2.72. The summed E-state index contributed by atoms with van der Waals surface area (Å²) in [4.78, 5) is 7.97. The van der Waals surface area contributed by atoms with Crippen molar-refractivity contribution in [1.29, 1.82) is 0 Å². The van der Waals surface area contributed by atoms with E-state index >= 15 is 0 Å². The van der Waals surface area contributed by atoms with Crippen molar-refractivity contribution in [3.63, 3.8) is 0 Å². The zero-order valence-electron chi connectivity index (χ0n) is 20.1. The van der Waals surface area contributed by atoms with Crippen LogP contribution in [0.4, 0.5) is 17.5 Å². The van der Waals surface area contributed by atoms with Gasteiger partial charge in [-0.25, -0.2) is 4.98 Å². The molecule has 0 spiro atoms. The van der Waals surface area contributed by atoms with E-state index in [2.05, 4.69) is 15.3 Å². The number of methoxy groups -OCH3 is 3. The predicted octanol–water partition coefficient (Wildman–Crippen LogP) is 2.74. The lowest BCUT2D eigenvalue weighted by atomic mass is 10.0. The van der Waals surface area contributed by atoms with Crippen molar-refractivity contribution in [2.75, 3.05) is 38.1 Å². The van der Waals surface area contributed by atoms with Crippen molar-refractivity contribution in [3.05, 3.63) is 35.3 Å². The summed E-state index contributed by atoms with van der Waals surface area (Å²) in [5, 5.41) is 3.14. The highest BCUT2D eigenvalue weighted by Crippen LogP contribution is 2.40. The molecule has 8 heteroatoms. The third kappa shape index (κ3) is 3.46. The Morgan fingerprint density at radius 3 is 2.37 bits per heavy atom. The van der Waals surface area contributed by atoms with Gasteiger partial charge in [0.15, 0.2) is 11.5 Å². The molecule has 27 heavy (non-hydrogen) atoms. The van der Waals surface area contributed by atoms with Gasteiger partial charge in [0.05, 0.1) is 29.6 Å². The number of nitrogen functional groups attached to an aromatic ring is 2. The molecule has 0 bridgehead atoms. The standard InChI is InChI=1S/C19H23N5O3/c1-10-11(5-6-13-16(10)18(20)24-19(21)23-13)9-22-12-7-14(25-2)17(27-4)15(8-12)26-3/h5-8,22H,9H2,1-4H3,(H4,20,21,23,24)/i1D3,7D,8D. The van der Waals surface area contributed by atoms with E-state index in [1.54, 1.807) is 12.1 Å². The molecule has 2 aromatic carbocycles. The van der Waals surface area contributed by atoms with Crippen LogP contribution in [0.25, 0.3) is 10.9 Å². The van der Waals surface area contributed by atoms with Crippen molar-refractivity contribution in [3.8, 4) is 17.2 Å². The lowest BCUT2D eigenvalue weighted by Gasteiger charge is -2.16. The molecule has 1 heterocycles. The molecule has 5 N–H and O–H groups in total. The molecule has 0 saturated heterocycles. The van der Waals surface area contributed by atoms with Crippen molar-refractivity contribution < 1.29 is 21.1 Å². The van der Waals surface area contributed by atoms with Gasteiger partial charge in [0, 0.05) is 33.8 Å². The fourth-order valence-electron chi connectivity index (χ4n) is 2.68. The minimum Gasteiger partial charge on any atom is -0.493 e. The first-order valence-electron chi connectivity index (χ1n) is 10.4. The number of nitrogens with two attached hydrogens (primary N) is 2. The number of benzene rings is 2. The smallest absolute Gasteiger partial charge is 0.222 e. The Hall–Kier alpha value is -3.42. The van der Waals surface area contributed by atoms with Crippen LogP contribution in [0.3, 0.4) is 0 Å². The molecule has 0 radical (unpaired) electrons. The molecule has 0 saturated carbocycles. The zero-order chi connectivity index (χ0) is 23.8. The Bertz CT molecular complexity index is 1160. The molecular weight excluding hydrogens is 346 g/mol. The second-order valence-electron chi connectivity index (χ2n) is 5.54. The van der Waals surface area contributed by atoms with E-state index in [0.29, 0.717) is 11.1 Å². The summed E-state index contributed by atoms with van der Waals surface area (Å²) in [7, 11) is 4.11. The number of nitrogens with zero attached hydrogens (tertiary/aromatic N) is 2. The van der Waals surface area contributed by atoms with Gasteiger partial charge in [-0.15, -0.1) is 0 Å². The molecule has 3 aromatic rings. The summed E-state index contributed by atoms with van der Waals surface area (Å²) >= 11 is 0. The number of hydrogen-bond donors (Lipinski definition) is 3. The van der Waals surface area contributed by atoms with Crippen molar-refractivity contribution in [1.82, 2.24) is 9.97 Å². The highest BCUT2D eigenvalue weighted by Gasteiger charge is 2.14. The molecule has 0 atom stereocenters. The fourth-order valence-corrected chi connectivity index (χ4v) is 2.68. The molecule has 0 amide bonds. The van der Waals surface area contributed by atoms with Crippen molar-refractivity contribution >= 4 is 28.4 Å². The van der Waals surface area contributed by atoms with Crippen LogP contribution in [0.5, 0.6) is 17.2 Å². The maximum Gasteiger partial charge on any atom is 0.222 e. The summed E-state index contributed by atoms with van der Waals surface area (Å²) in [6.45, 7) is -2.57. The Morgan fingerprint density at radius 1 is 1.07 bits per heavy atom. The minimum atomic E-state index is -2.53. The van der Waals surface area contributed by atoms with E-state index in [0.717, 1.165) is 0 Å². The van der Waals surface area contributed by atoms with E-state index in [9.17, 15) is 0 Å². The highest BCUT2D eigenvalue weighted by atomic mass is 16.5. The first-order valence-corrected chi connectivity index (χ1v) is 7.93. The zero-order valence-corrected chi connectivity index (χ0v) is 15.1. The van der Waals surface area contributed by atoms with E-state index in [1.807, 2.05) is 0 Å². The molecule has 1 aromatic heterocycles. The van der Waals surface area contributed by atoms with E-state index in [4.69, 9.17) is 32.5 Å². The topological polar surface area (TPSA) is 118 Å². The number of ether oxygens (including phenoxy) is 3. The molecule has 0 unspecified atom stereocenters. The van der Waals surface area contributed by atoms with Crippen LogP contribution < -0.4 is 31.0 Å². The minimum absolute atomic E-state index is 0.0366. The largest absolute Gasteiger partial charge is 0.493 e. The number of aryl methyl sites for hydroxylation is 1.